The van der Waals surface area contributed by atoms with Crippen molar-refractivity contribution in [1.29, 1.82) is 0 Å². The van der Waals surface area contributed by atoms with Crippen LogP contribution in [0, 0.1) is 0 Å². The van der Waals surface area contributed by atoms with Crippen molar-refractivity contribution in [3.8, 4) is 11.3 Å². The normalized spacial score (nSPS) is 10.8. The number of rotatable bonds is 1. The molecule has 0 atom stereocenters. The third-order valence-corrected chi connectivity index (χ3v) is 2.17. The smallest absolute Gasteiger partial charge is 0.256 e. The number of alkyl halides is 3. The van der Waals surface area contributed by atoms with Gasteiger partial charge in [-0.15, -0.1) is 0 Å². The standard InChI is InChI=1S/C12H8F3N.Pt/c13-12(14,15)10-6-4-9(5-7-10)11-3-1-2-8-16-11;/h1-8H;. The molecule has 1 nitrogen and oxygen atoms in total. The molecule has 0 saturated heterocycles. The van der Waals surface area contributed by atoms with Crippen LogP contribution in [0.2, 0.25) is 0 Å². The Balaban J connectivity index is 0.00000144. The van der Waals surface area contributed by atoms with Gasteiger partial charge in [-0.3, -0.25) is 4.98 Å². The van der Waals surface area contributed by atoms with Gasteiger partial charge in [0.15, 0.2) is 0 Å². The van der Waals surface area contributed by atoms with Crippen LogP contribution in [0.4, 0.5) is 13.2 Å². The van der Waals surface area contributed by atoms with E-state index in [2.05, 4.69) is 4.98 Å². The summed E-state index contributed by atoms with van der Waals surface area (Å²) in [5.41, 5.74) is 0.692. The van der Waals surface area contributed by atoms with Crippen LogP contribution in [0.3, 0.4) is 0 Å². The number of benzene rings is 1. The minimum atomic E-state index is -4.29. The summed E-state index contributed by atoms with van der Waals surface area (Å²) >= 11 is 0. The molecular formula is C12H8F3NPt. The van der Waals surface area contributed by atoms with Gasteiger partial charge in [-0.2, -0.15) is 13.2 Å². The zero-order valence-corrected chi connectivity index (χ0v) is 10.8. The van der Waals surface area contributed by atoms with Crippen LogP contribution in [0.5, 0.6) is 0 Å². The number of pyridine rings is 1. The Bertz CT molecular complexity index is 465. The third-order valence-electron chi connectivity index (χ3n) is 2.17. The minimum Gasteiger partial charge on any atom is -0.256 e. The van der Waals surface area contributed by atoms with Gasteiger partial charge in [0.25, 0.3) is 0 Å². The average molecular weight is 418 g/mol. The quantitative estimate of drug-likeness (QED) is 0.688. The summed E-state index contributed by atoms with van der Waals surface area (Å²) in [5, 5.41) is 0. The maximum atomic E-state index is 12.3. The molecule has 0 aliphatic carbocycles. The fraction of sp³-hybridized carbons (Fsp3) is 0.0833. The predicted molar refractivity (Wildman–Crippen MR) is 54.7 cm³/mol. The van der Waals surface area contributed by atoms with Crippen LogP contribution in [-0.2, 0) is 27.2 Å². The number of nitrogens with zero attached hydrogens (tertiary/aromatic N) is 1. The van der Waals surface area contributed by atoms with Crippen molar-refractivity contribution < 1.29 is 34.2 Å². The molecule has 0 spiro atoms. The van der Waals surface area contributed by atoms with E-state index in [1.54, 1.807) is 24.4 Å². The molecule has 92 valence electrons. The average Bonchev–Trinajstić information content (AvgIpc) is 2.29. The van der Waals surface area contributed by atoms with Gasteiger partial charge in [0.1, 0.15) is 0 Å². The van der Waals surface area contributed by atoms with E-state index in [1.165, 1.54) is 12.1 Å². The van der Waals surface area contributed by atoms with E-state index in [0.717, 1.165) is 12.1 Å². The first kappa shape index (κ1) is 13.9. The van der Waals surface area contributed by atoms with Gasteiger partial charge in [-0.1, -0.05) is 18.2 Å². The van der Waals surface area contributed by atoms with E-state index in [1.807, 2.05) is 0 Å². The number of hydrogen-bond acceptors (Lipinski definition) is 1. The Labute approximate surface area is 111 Å². The summed E-state index contributed by atoms with van der Waals surface area (Å²) in [5.74, 6) is 0. The molecule has 17 heavy (non-hydrogen) atoms. The first-order chi connectivity index (χ1) is 7.57. The van der Waals surface area contributed by atoms with Crippen molar-refractivity contribution in [2.45, 2.75) is 6.18 Å². The first-order valence-electron chi connectivity index (χ1n) is 4.66. The molecule has 1 aromatic heterocycles. The van der Waals surface area contributed by atoms with E-state index in [-0.39, 0.29) is 21.1 Å². The van der Waals surface area contributed by atoms with Crippen LogP contribution in [-0.4, -0.2) is 4.98 Å². The maximum absolute atomic E-state index is 12.3. The topological polar surface area (TPSA) is 12.9 Å². The van der Waals surface area contributed by atoms with Crippen LogP contribution >= 0.6 is 0 Å². The Hall–Kier alpha value is -1.15. The zero-order chi connectivity index (χ0) is 11.6. The van der Waals surface area contributed by atoms with Crippen LogP contribution in [0.15, 0.2) is 48.7 Å². The van der Waals surface area contributed by atoms with Crippen molar-refractivity contribution >= 4 is 0 Å². The monoisotopic (exact) mass is 418 g/mol. The predicted octanol–water partition coefficient (Wildman–Crippen LogP) is 3.76. The van der Waals surface area contributed by atoms with E-state index >= 15 is 0 Å². The molecule has 0 unspecified atom stereocenters. The van der Waals surface area contributed by atoms with Crippen molar-refractivity contribution in [2.24, 2.45) is 0 Å². The molecule has 0 aliphatic heterocycles. The summed E-state index contributed by atoms with van der Waals surface area (Å²) in [6.07, 6.45) is -2.68. The molecule has 2 rings (SSSR count). The molecule has 0 aliphatic rings. The number of hydrogen-bond donors (Lipinski definition) is 0. The van der Waals surface area contributed by atoms with Gasteiger partial charge in [0.2, 0.25) is 0 Å². The molecule has 0 fully saturated rings. The Morgan fingerprint density at radius 2 is 1.53 bits per heavy atom. The Morgan fingerprint density at radius 3 is 2.00 bits per heavy atom. The molecule has 0 radical (unpaired) electrons. The van der Waals surface area contributed by atoms with E-state index in [4.69, 9.17) is 0 Å². The second-order valence-electron chi connectivity index (χ2n) is 3.29. The first-order valence-corrected chi connectivity index (χ1v) is 4.66. The fourth-order valence-electron chi connectivity index (χ4n) is 1.36. The van der Waals surface area contributed by atoms with Crippen molar-refractivity contribution in [3.63, 3.8) is 0 Å². The zero-order valence-electron chi connectivity index (χ0n) is 8.52. The van der Waals surface area contributed by atoms with Gasteiger partial charge >= 0.3 is 6.18 Å². The van der Waals surface area contributed by atoms with Crippen molar-refractivity contribution in [1.82, 2.24) is 4.98 Å². The summed E-state index contributed by atoms with van der Waals surface area (Å²) in [7, 11) is 0. The number of halogens is 3. The summed E-state index contributed by atoms with van der Waals surface area (Å²) in [6.45, 7) is 0. The van der Waals surface area contributed by atoms with Gasteiger partial charge in [0, 0.05) is 32.8 Å². The minimum absolute atomic E-state index is 0. The second-order valence-corrected chi connectivity index (χ2v) is 3.29. The van der Waals surface area contributed by atoms with Crippen LogP contribution < -0.4 is 0 Å². The van der Waals surface area contributed by atoms with Crippen LogP contribution in [0.25, 0.3) is 11.3 Å². The van der Waals surface area contributed by atoms with E-state index in [0.29, 0.717) is 11.3 Å². The van der Waals surface area contributed by atoms with Gasteiger partial charge < -0.3 is 0 Å². The van der Waals surface area contributed by atoms with Gasteiger partial charge in [-0.25, -0.2) is 0 Å². The Morgan fingerprint density at radius 1 is 0.882 bits per heavy atom. The van der Waals surface area contributed by atoms with Gasteiger partial charge in [-0.05, 0) is 24.3 Å². The third kappa shape index (κ3) is 3.40. The van der Waals surface area contributed by atoms with Crippen molar-refractivity contribution in [2.75, 3.05) is 0 Å². The molecule has 0 amide bonds. The summed E-state index contributed by atoms with van der Waals surface area (Å²) in [6, 6.07) is 10.3. The second kappa shape index (κ2) is 5.45. The SMILES string of the molecule is FC(F)(F)c1ccc(-c2ccccn2)cc1.[Pt]. The summed E-state index contributed by atoms with van der Waals surface area (Å²) < 4.78 is 36.9. The largest absolute Gasteiger partial charge is 0.416 e. The molecule has 5 heteroatoms. The molecule has 1 aromatic carbocycles. The van der Waals surface area contributed by atoms with E-state index in [9.17, 15) is 13.2 Å². The maximum Gasteiger partial charge on any atom is 0.416 e. The molecule has 1 heterocycles. The number of aromatic nitrogens is 1. The van der Waals surface area contributed by atoms with E-state index < -0.39 is 11.7 Å². The molecular weight excluding hydrogens is 410 g/mol. The fourth-order valence-corrected chi connectivity index (χ4v) is 1.36. The van der Waals surface area contributed by atoms with Gasteiger partial charge in [0.05, 0.1) is 11.3 Å². The molecule has 0 saturated carbocycles. The molecule has 0 bridgehead atoms. The summed E-state index contributed by atoms with van der Waals surface area (Å²) in [4.78, 5) is 4.06. The van der Waals surface area contributed by atoms with Crippen molar-refractivity contribution in [3.05, 3.63) is 54.2 Å². The molecule has 0 N–H and O–H groups in total. The Kier molecular flexibility index (Phi) is 4.46. The van der Waals surface area contributed by atoms with Crippen LogP contribution in [0.1, 0.15) is 5.56 Å². The molecule has 2 aromatic rings.